The fraction of sp³-hybridized carbons (Fsp3) is 0.389. The molecule has 0 bridgehead atoms. The van der Waals surface area contributed by atoms with Gasteiger partial charge in [0, 0.05) is 17.4 Å². The van der Waals surface area contributed by atoms with Crippen LogP contribution in [0, 0.1) is 6.92 Å². The first-order chi connectivity index (χ1) is 9.70. The monoisotopic (exact) mass is 287 g/mol. The molecule has 106 valence electrons. The number of aryl methyl sites for hydroxylation is 4. The quantitative estimate of drug-likeness (QED) is 0.668. The van der Waals surface area contributed by atoms with Crippen molar-refractivity contribution in [1.29, 1.82) is 0 Å². The molecular formula is C18H22ClN. The molecule has 2 heteroatoms. The van der Waals surface area contributed by atoms with E-state index in [0.717, 1.165) is 29.8 Å². The van der Waals surface area contributed by atoms with E-state index in [1.165, 1.54) is 29.5 Å². The molecule has 0 aliphatic rings. The van der Waals surface area contributed by atoms with E-state index in [1.54, 1.807) is 0 Å². The SMILES string of the molecule is CCc1cnccc1CCCCc1ccc(C)c(Cl)c1. The lowest BCUT2D eigenvalue weighted by atomic mass is 10.00. The van der Waals surface area contributed by atoms with Crippen LogP contribution in [-0.2, 0) is 19.3 Å². The molecule has 20 heavy (non-hydrogen) atoms. The van der Waals surface area contributed by atoms with Crippen LogP contribution in [0.1, 0.15) is 42.0 Å². The summed E-state index contributed by atoms with van der Waals surface area (Å²) >= 11 is 6.16. The maximum Gasteiger partial charge on any atom is 0.0437 e. The Hall–Kier alpha value is -1.34. The fourth-order valence-corrected chi connectivity index (χ4v) is 2.66. The van der Waals surface area contributed by atoms with Gasteiger partial charge in [-0.1, -0.05) is 30.7 Å². The van der Waals surface area contributed by atoms with Crippen molar-refractivity contribution in [1.82, 2.24) is 4.98 Å². The molecule has 0 saturated heterocycles. The van der Waals surface area contributed by atoms with Gasteiger partial charge in [-0.3, -0.25) is 4.98 Å². The average Bonchev–Trinajstić information content (AvgIpc) is 2.47. The van der Waals surface area contributed by atoms with Gasteiger partial charge in [-0.15, -0.1) is 0 Å². The molecule has 0 atom stereocenters. The van der Waals surface area contributed by atoms with Gasteiger partial charge in [0.1, 0.15) is 0 Å². The molecule has 1 nitrogen and oxygen atoms in total. The molecule has 1 aromatic carbocycles. The third kappa shape index (κ3) is 4.08. The number of rotatable bonds is 6. The van der Waals surface area contributed by atoms with Crippen LogP contribution in [0.3, 0.4) is 0 Å². The van der Waals surface area contributed by atoms with Gasteiger partial charge in [0.25, 0.3) is 0 Å². The van der Waals surface area contributed by atoms with Crippen molar-refractivity contribution in [3.8, 4) is 0 Å². The average molecular weight is 288 g/mol. The van der Waals surface area contributed by atoms with Crippen LogP contribution in [0.15, 0.2) is 36.7 Å². The molecule has 0 spiro atoms. The lowest BCUT2D eigenvalue weighted by Crippen LogP contribution is -1.95. The van der Waals surface area contributed by atoms with Crippen LogP contribution in [0.4, 0.5) is 0 Å². The molecule has 0 fully saturated rings. The summed E-state index contributed by atoms with van der Waals surface area (Å²) in [7, 11) is 0. The molecule has 0 unspecified atom stereocenters. The van der Waals surface area contributed by atoms with E-state index in [1.807, 2.05) is 19.3 Å². The maximum absolute atomic E-state index is 6.16. The Bertz CT molecular complexity index is 563. The molecule has 0 saturated carbocycles. The summed E-state index contributed by atoms with van der Waals surface area (Å²) in [6, 6.07) is 8.54. The van der Waals surface area contributed by atoms with Crippen molar-refractivity contribution in [2.45, 2.75) is 46.0 Å². The maximum atomic E-state index is 6.16. The van der Waals surface area contributed by atoms with E-state index in [-0.39, 0.29) is 0 Å². The zero-order valence-corrected chi connectivity index (χ0v) is 13.1. The second-order valence-corrected chi connectivity index (χ2v) is 5.70. The minimum absolute atomic E-state index is 0.880. The third-order valence-corrected chi connectivity index (χ3v) is 4.19. The highest BCUT2D eigenvalue weighted by Gasteiger charge is 2.02. The summed E-state index contributed by atoms with van der Waals surface area (Å²) in [6.07, 6.45) is 9.62. The molecule has 0 radical (unpaired) electrons. The van der Waals surface area contributed by atoms with Gasteiger partial charge in [-0.2, -0.15) is 0 Å². The molecule has 2 aromatic rings. The number of halogens is 1. The van der Waals surface area contributed by atoms with E-state index >= 15 is 0 Å². The van der Waals surface area contributed by atoms with Crippen LogP contribution in [0.5, 0.6) is 0 Å². The highest BCUT2D eigenvalue weighted by Crippen LogP contribution is 2.19. The molecular weight excluding hydrogens is 266 g/mol. The number of unbranched alkanes of at least 4 members (excludes halogenated alkanes) is 1. The summed E-state index contributed by atoms with van der Waals surface area (Å²) in [5.41, 5.74) is 5.32. The predicted octanol–water partition coefficient (Wildman–Crippen LogP) is 5.17. The molecule has 1 heterocycles. The lowest BCUT2D eigenvalue weighted by molar-refractivity contribution is 0.729. The van der Waals surface area contributed by atoms with E-state index in [0.29, 0.717) is 0 Å². The molecule has 0 N–H and O–H groups in total. The van der Waals surface area contributed by atoms with Crippen molar-refractivity contribution in [2.24, 2.45) is 0 Å². The van der Waals surface area contributed by atoms with Crippen LogP contribution >= 0.6 is 11.6 Å². The lowest BCUT2D eigenvalue weighted by Gasteiger charge is -2.07. The number of hydrogen-bond donors (Lipinski definition) is 0. The van der Waals surface area contributed by atoms with E-state index < -0.39 is 0 Å². The van der Waals surface area contributed by atoms with E-state index in [4.69, 9.17) is 11.6 Å². The van der Waals surface area contributed by atoms with Gasteiger partial charge in [-0.05, 0) is 73.4 Å². The molecule has 0 aliphatic heterocycles. The Morgan fingerprint density at radius 3 is 2.60 bits per heavy atom. The number of benzene rings is 1. The van der Waals surface area contributed by atoms with Crippen LogP contribution < -0.4 is 0 Å². The van der Waals surface area contributed by atoms with Crippen LogP contribution in [0.25, 0.3) is 0 Å². The van der Waals surface area contributed by atoms with Crippen molar-refractivity contribution >= 4 is 11.6 Å². The summed E-state index contributed by atoms with van der Waals surface area (Å²) < 4.78 is 0. The largest absolute Gasteiger partial charge is 0.264 e. The topological polar surface area (TPSA) is 12.9 Å². The fourth-order valence-electron chi connectivity index (χ4n) is 2.45. The van der Waals surface area contributed by atoms with Crippen LogP contribution in [0.2, 0.25) is 5.02 Å². The second kappa shape index (κ2) is 7.44. The summed E-state index contributed by atoms with van der Waals surface area (Å²) in [6.45, 7) is 4.23. The minimum atomic E-state index is 0.880. The zero-order chi connectivity index (χ0) is 14.4. The van der Waals surface area contributed by atoms with Gasteiger partial charge in [-0.25, -0.2) is 0 Å². The van der Waals surface area contributed by atoms with Gasteiger partial charge in [0.2, 0.25) is 0 Å². The molecule has 2 rings (SSSR count). The number of aromatic nitrogens is 1. The first kappa shape index (κ1) is 15.1. The number of pyridine rings is 1. The normalized spacial score (nSPS) is 10.8. The molecule has 0 aliphatic carbocycles. The van der Waals surface area contributed by atoms with Gasteiger partial charge < -0.3 is 0 Å². The Labute approximate surface area is 127 Å². The predicted molar refractivity (Wildman–Crippen MR) is 86.4 cm³/mol. The highest BCUT2D eigenvalue weighted by atomic mass is 35.5. The van der Waals surface area contributed by atoms with Crippen molar-refractivity contribution in [2.75, 3.05) is 0 Å². The second-order valence-electron chi connectivity index (χ2n) is 5.29. The zero-order valence-electron chi connectivity index (χ0n) is 12.3. The molecule has 0 amide bonds. The summed E-state index contributed by atoms with van der Waals surface area (Å²) in [5, 5.41) is 0.880. The Kier molecular flexibility index (Phi) is 5.60. The van der Waals surface area contributed by atoms with Gasteiger partial charge in [0.15, 0.2) is 0 Å². The Morgan fingerprint density at radius 2 is 1.85 bits per heavy atom. The van der Waals surface area contributed by atoms with Gasteiger partial charge >= 0.3 is 0 Å². The Morgan fingerprint density at radius 1 is 1.05 bits per heavy atom. The van der Waals surface area contributed by atoms with Crippen molar-refractivity contribution in [3.05, 3.63) is 63.9 Å². The van der Waals surface area contributed by atoms with Crippen molar-refractivity contribution in [3.63, 3.8) is 0 Å². The summed E-state index contributed by atoms with van der Waals surface area (Å²) in [4.78, 5) is 4.20. The standard InChI is InChI=1S/C18H22ClN/c1-3-16-13-20-11-10-17(16)7-5-4-6-15-9-8-14(2)18(19)12-15/h8-13H,3-7H2,1-2H3. The highest BCUT2D eigenvalue weighted by molar-refractivity contribution is 6.31. The number of hydrogen-bond acceptors (Lipinski definition) is 1. The number of nitrogens with zero attached hydrogens (tertiary/aromatic N) is 1. The molecule has 1 aromatic heterocycles. The van der Waals surface area contributed by atoms with Crippen LogP contribution in [-0.4, -0.2) is 4.98 Å². The Balaban J connectivity index is 1.83. The first-order valence-electron chi connectivity index (χ1n) is 7.37. The van der Waals surface area contributed by atoms with Crippen molar-refractivity contribution < 1.29 is 0 Å². The van der Waals surface area contributed by atoms with E-state index in [2.05, 4.69) is 36.2 Å². The van der Waals surface area contributed by atoms with Gasteiger partial charge in [0.05, 0.1) is 0 Å². The minimum Gasteiger partial charge on any atom is -0.264 e. The third-order valence-electron chi connectivity index (χ3n) is 3.78. The summed E-state index contributed by atoms with van der Waals surface area (Å²) in [5.74, 6) is 0. The first-order valence-corrected chi connectivity index (χ1v) is 7.75. The smallest absolute Gasteiger partial charge is 0.0437 e. The van der Waals surface area contributed by atoms with E-state index in [9.17, 15) is 0 Å².